The molecule has 0 aliphatic heterocycles. The summed E-state index contributed by atoms with van der Waals surface area (Å²) >= 11 is 1.40. The molecule has 0 atom stereocenters. The van der Waals surface area contributed by atoms with Gasteiger partial charge in [0.2, 0.25) is 5.91 Å². The highest BCUT2D eigenvalue weighted by Crippen LogP contribution is 2.26. The number of fused-ring (bicyclic) bond motifs is 1. The third-order valence-electron chi connectivity index (χ3n) is 3.62. The van der Waals surface area contributed by atoms with Crippen molar-refractivity contribution < 1.29 is 9.53 Å². The topological polar surface area (TPSA) is 72.7 Å². The van der Waals surface area contributed by atoms with Gasteiger partial charge in [0.05, 0.1) is 11.4 Å². The molecule has 0 aliphatic carbocycles. The van der Waals surface area contributed by atoms with E-state index in [9.17, 15) is 9.59 Å². The lowest BCUT2D eigenvalue weighted by Crippen LogP contribution is -2.15. The molecule has 130 valence electrons. The second-order valence-electron chi connectivity index (χ2n) is 5.73. The Morgan fingerprint density at radius 2 is 2.20 bits per heavy atom. The van der Waals surface area contributed by atoms with Crippen molar-refractivity contribution in [3.05, 3.63) is 57.5 Å². The van der Waals surface area contributed by atoms with Crippen LogP contribution < -0.4 is 15.6 Å². The van der Waals surface area contributed by atoms with Crippen LogP contribution in [0.3, 0.4) is 0 Å². The zero-order valence-corrected chi connectivity index (χ0v) is 14.9. The number of benzene rings is 1. The van der Waals surface area contributed by atoms with Gasteiger partial charge in [-0.3, -0.25) is 14.0 Å². The number of anilines is 1. The first-order valence-corrected chi connectivity index (χ1v) is 8.94. The van der Waals surface area contributed by atoms with Gasteiger partial charge in [-0.1, -0.05) is 13.0 Å². The Balaban J connectivity index is 1.79. The van der Waals surface area contributed by atoms with Crippen LogP contribution >= 0.6 is 11.3 Å². The highest BCUT2D eigenvalue weighted by atomic mass is 32.1. The van der Waals surface area contributed by atoms with Crippen LogP contribution in [0.5, 0.6) is 5.75 Å². The van der Waals surface area contributed by atoms with E-state index >= 15 is 0 Å². The number of carbonyl (C=O) groups excluding carboxylic acids is 1. The van der Waals surface area contributed by atoms with Crippen LogP contribution in [0.15, 0.2) is 40.6 Å². The third-order valence-corrected chi connectivity index (χ3v) is 4.37. The predicted molar refractivity (Wildman–Crippen MR) is 98.4 cm³/mol. The maximum atomic E-state index is 12.0. The fourth-order valence-corrected chi connectivity index (χ4v) is 3.16. The minimum atomic E-state index is -0.134. The van der Waals surface area contributed by atoms with Crippen molar-refractivity contribution in [3.63, 3.8) is 0 Å². The number of aromatic nitrogens is 2. The molecule has 3 rings (SSSR count). The molecule has 2 aromatic heterocycles. The van der Waals surface area contributed by atoms with E-state index in [1.165, 1.54) is 21.8 Å². The minimum absolute atomic E-state index is 0.0469. The Bertz CT molecular complexity index is 962. The summed E-state index contributed by atoms with van der Waals surface area (Å²) < 4.78 is 7.31. The summed E-state index contributed by atoms with van der Waals surface area (Å²) in [6, 6.07) is 7.06. The smallest absolute Gasteiger partial charge is 0.258 e. The number of thiazole rings is 1. The van der Waals surface area contributed by atoms with Gasteiger partial charge >= 0.3 is 0 Å². The van der Waals surface area contributed by atoms with Crippen molar-refractivity contribution in [1.82, 2.24) is 9.38 Å². The molecule has 25 heavy (non-hydrogen) atoms. The maximum Gasteiger partial charge on any atom is 0.258 e. The van der Waals surface area contributed by atoms with Gasteiger partial charge in [-0.05, 0) is 31.0 Å². The van der Waals surface area contributed by atoms with Crippen LogP contribution in [0, 0.1) is 6.92 Å². The molecule has 0 bridgehead atoms. The van der Waals surface area contributed by atoms with E-state index in [0.717, 1.165) is 12.0 Å². The average molecular weight is 357 g/mol. The average Bonchev–Trinajstić information content (AvgIpc) is 3.03. The van der Waals surface area contributed by atoms with Crippen molar-refractivity contribution in [3.8, 4) is 5.75 Å². The minimum Gasteiger partial charge on any atom is -0.485 e. The van der Waals surface area contributed by atoms with Crippen molar-refractivity contribution >= 4 is 27.9 Å². The lowest BCUT2D eigenvalue weighted by atomic mass is 10.2. The molecule has 0 unspecified atom stereocenters. The highest BCUT2D eigenvalue weighted by molar-refractivity contribution is 7.15. The zero-order valence-electron chi connectivity index (χ0n) is 14.1. The molecule has 2 heterocycles. The summed E-state index contributed by atoms with van der Waals surface area (Å²) in [4.78, 5) is 29.0. The number of amides is 1. The Kier molecular flexibility index (Phi) is 5.14. The van der Waals surface area contributed by atoms with Crippen LogP contribution in [-0.4, -0.2) is 15.3 Å². The first-order valence-electron chi connectivity index (χ1n) is 8.06. The van der Waals surface area contributed by atoms with Gasteiger partial charge in [-0.2, -0.15) is 0 Å². The van der Waals surface area contributed by atoms with E-state index < -0.39 is 0 Å². The molecule has 0 spiro atoms. The molecule has 1 aromatic carbocycles. The summed E-state index contributed by atoms with van der Waals surface area (Å²) in [6.07, 6.45) is 2.94. The fourth-order valence-electron chi connectivity index (χ4n) is 2.42. The van der Waals surface area contributed by atoms with Gasteiger partial charge in [0.25, 0.3) is 5.56 Å². The molecule has 0 saturated carbocycles. The largest absolute Gasteiger partial charge is 0.485 e. The molecule has 1 amide bonds. The first-order chi connectivity index (χ1) is 12.1. The lowest BCUT2D eigenvalue weighted by Gasteiger charge is -2.13. The van der Waals surface area contributed by atoms with Crippen LogP contribution in [0.25, 0.3) is 4.96 Å². The third kappa shape index (κ3) is 4.06. The van der Waals surface area contributed by atoms with Gasteiger partial charge in [0.1, 0.15) is 12.4 Å². The Morgan fingerprint density at radius 3 is 3.00 bits per heavy atom. The molecule has 3 aromatic rings. The predicted octanol–water partition coefficient (Wildman–Crippen LogP) is 3.38. The normalized spacial score (nSPS) is 10.8. The second kappa shape index (κ2) is 7.48. The number of hydrogen-bond donors (Lipinski definition) is 1. The second-order valence-corrected chi connectivity index (χ2v) is 6.60. The van der Waals surface area contributed by atoms with Crippen LogP contribution in [0.2, 0.25) is 0 Å². The highest BCUT2D eigenvalue weighted by Gasteiger charge is 2.10. The molecule has 0 aliphatic rings. The Labute approximate surface area is 149 Å². The fraction of sp³-hybridized carbons (Fsp3) is 0.278. The summed E-state index contributed by atoms with van der Waals surface area (Å²) in [7, 11) is 0. The number of hydrogen-bond acceptors (Lipinski definition) is 5. The van der Waals surface area contributed by atoms with E-state index in [0.29, 0.717) is 28.5 Å². The number of nitrogens with zero attached hydrogens (tertiary/aromatic N) is 2. The molecule has 0 radical (unpaired) electrons. The van der Waals surface area contributed by atoms with Crippen LogP contribution in [0.1, 0.15) is 31.0 Å². The number of rotatable bonds is 6. The van der Waals surface area contributed by atoms with Crippen molar-refractivity contribution in [2.24, 2.45) is 0 Å². The van der Waals surface area contributed by atoms with E-state index in [2.05, 4.69) is 10.3 Å². The van der Waals surface area contributed by atoms with Gasteiger partial charge in [-0.25, -0.2) is 4.98 Å². The maximum absolute atomic E-state index is 12.0. The van der Waals surface area contributed by atoms with E-state index in [1.807, 2.05) is 37.4 Å². The van der Waals surface area contributed by atoms with Gasteiger partial charge < -0.3 is 10.1 Å². The first kappa shape index (κ1) is 17.2. The zero-order chi connectivity index (χ0) is 17.8. The molecule has 6 nitrogen and oxygen atoms in total. The van der Waals surface area contributed by atoms with E-state index in [-0.39, 0.29) is 18.1 Å². The van der Waals surface area contributed by atoms with Gasteiger partial charge in [-0.15, -0.1) is 11.3 Å². The van der Waals surface area contributed by atoms with Crippen molar-refractivity contribution in [2.45, 2.75) is 33.3 Å². The Morgan fingerprint density at radius 1 is 1.36 bits per heavy atom. The SMILES string of the molecule is CCCC(=O)Nc1cc(C)ccc1OCc1cc(=O)n2ccsc2n1. The molecule has 1 N–H and O–H groups in total. The monoisotopic (exact) mass is 357 g/mol. The quantitative estimate of drug-likeness (QED) is 0.734. The Hall–Kier alpha value is -2.67. The summed E-state index contributed by atoms with van der Waals surface area (Å²) in [5.41, 5.74) is 2.08. The number of nitrogens with one attached hydrogen (secondary N) is 1. The summed E-state index contributed by atoms with van der Waals surface area (Å²) in [6.45, 7) is 4.06. The molecular formula is C18H19N3O3S. The van der Waals surface area contributed by atoms with E-state index in [1.54, 1.807) is 6.20 Å². The molecule has 7 heteroatoms. The van der Waals surface area contributed by atoms with Gasteiger partial charge in [0, 0.05) is 24.1 Å². The number of aryl methyl sites for hydroxylation is 1. The molecule has 0 fully saturated rings. The summed E-state index contributed by atoms with van der Waals surface area (Å²) in [5, 5.41) is 4.69. The van der Waals surface area contributed by atoms with Gasteiger partial charge in [0.15, 0.2) is 4.96 Å². The lowest BCUT2D eigenvalue weighted by molar-refractivity contribution is -0.116. The standard InChI is InChI=1S/C18H19N3O3S/c1-3-4-16(22)20-14-9-12(2)5-6-15(14)24-11-13-10-17(23)21-7-8-25-18(21)19-13/h5-10H,3-4,11H2,1-2H3,(H,20,22). The van der Waals surface area contributed by atoms with Crippen LogP contribution in [0.4, 0.5) is 5.69 Å². The van der Waals surface area contributed by atoms with Crippen molar-refractivity contribution in [1.29, 1.82) is 0 Å². The van der Waals surface area contributed by atoms with Crippen LogP contribution in [-0.2, 0) is 11.4 Å². The van der Waals surface area contributed by atoms with Crippen molar-refractivity contribution in [2.75, 3.05) is 5.32 Å². The molecular weight excluding hydrogens is 338 g/mol. The summed E-state index contributed by atoms with van der Waals surface area (Å²) in [5.74, 6) is 0.512. The number of ether oxygens (including phenoxy) is 1. The molecule has 0 saturated heterocycles. The number of carbonyl (C=O) groups is 1. The van der Waals surface area contributed by atoms with E-state index in [4.69, 9.17) is 4.74 Å².